The van der Waals surface area contributed by atoms with Crippen LogP contribution in [0.5, 0.6) is 0 Å². The Morgan fingerprint density at radius 1 is 1.22 bits per heavy atom. The number of allylic oxidation sites excluding steroid dienone is 2. The fraction of sp³-hybridized carbons (Fsp3) is 0.308. The van der Waals surface area contributed by atoms with Crippen molar-refractivity contribution >= 4 is 5.97 Å². The lowest BCUT2D eigenvalue weighted by Gasteiger charge is -2.03. The lowest BCUT2D eigenvalue weighted by molar-refractivity contribution is -0.0800. The van der Waals surface area contributed by atoms with Gasteiger partial charge in [-0.15, -0.1) is 0 Å². The molecule has 0 fully saturated rings. The Kier molecular flexibility index (Phi) is 5.42. The summed E-state index contributed by atoms with van der Waals surface area (Å²) in [6.07, 6.45) is -2.48. The normalized spacial score (nSPS) is 11.7. The number of hydrogen-bond acceptors (Lipinski definition) is 2. The van der Waals surface area contributed by atoms with Gasteiger partial charge in [-0.1, -0.05) is 24.3 Å². The van der Waals surface area contributed by atoms with Gasteiger partial charge in [0.15, 0.2) is 0 Å². The van der Waals surface area contributed by atoms with Crippen LogP contribution in [0.4, 0.5) is 13.2 Å². The minimum Gasteiger partial charge on any atom is -0.462 e. The summed E-state index contributed by atoms with van der Waals surface area (Å²) in [6, 6.07) is 8.43. The highest BCUT2D eigenvalue weighted by atomic mass is 19.4. The third-order valence-corrected chi connectivity index (χ3v) is 2.06. The summed E-state index contributed by atoms with van der Waals surface area (Å²) in [5.74, 6) is -0.463. The van der Waals surface area contributed by atoms with Crippen molar-refractivity contribution < 1.29 is 22.7 Å². The fourth-order valence-corrected chi connectivity index (χ4v) is 1.24. The van der Waals surface area contributed by atoms with Gasteiger partial charge in [0.25, 0.3) is 0 Å². The van der Waals surface area contributed by atoms with Crippen LogP contribution in [0.1, 0.15) is 23.2 Å². The molecule has 0 amide bonds. The van der Waals surface area contributed by atoms with Crippen molar-refractivity contribution in [1.82, 2.24) is 0 Å². The molecular weight excluding hydrogens is 245 g/mol. The zero-order valence-corrected chi connectivity index (χ0v) is 9.61. The molecule has 0 aliphatic rings. The molecule has 0 radical (unpaired) electrons. The second-order valence-corrected chi connectivity index (χ2v) is 3.59. The van der Waals surface area contributed by atoms with Gasteiger partial charge >= 0.3 is 12.1 Å². The van der Waals surface area contributed by atoms with Crippen LogP contribution in [0.25, 0.3) is 0 Å². The van der Waals surface area contributed by atoms with Crippen molar-refractivity contribution in [3.8, 4) is 0 Å². The van der Waals surface area contributed by atoms with E-state index in [-0.39, 0.29) is 19.1 Å². The first-order valence-corrected chi connectivity index (χ1v) is 5.45. The van der Waals surface area contributed by atoms with Gasteiger partial charge in [0.05, 0.1) is 12.2 Å². The van der Waals surface area contributed by atoms with E-state index in [9.17, 15) is 18.0 Å². The number of hydrogen-bond donors (Lipinski definition) is 0. The summed E-state index contributed by atoms with van der Waals surface area (Å²) in [6.45, 7) is 0.107. The second-order valence-electron chi connectivity index (χ2n) is 3.59. The molecule has 98 valence electrons. The van der Waals surface area contributed by atoms with Gasteiger partial charge in [-0.2, -0.15) is 13.2 Å². The van der Waals surface area contributed by atoms with Gasteiger partial charge in [0.2, 0.25) is 0 Å². The van der Waals surface area contributed by atoms with Crippen molar-refractivity contribution in [2.45, 2.75) is 19.0 Å². The minimum absolute atomic E-state index is 0.107. The van der Waals surface area contributed by atoms with Gasteiger partial charge in [0, 0.05) is 6.08 Å². The van der Waals surface area contributed by atoms with Crippen molar-refractivity contribution in [3.05, 3.63) is 48.0 Å². The summed E-state index contributed by atoms with van der Waals surface area (Å²) in [5.41, 5.74) is 0.434. The lowest BCUT2D eigenvalue weighted by Crippen LogP contribution is -2.06. The molecule has 0 saturated heterocycles. The van der Waals surface area contributed by atoms with E-state index in [1.54, 1.807) is 30.3 Å². The van der Waals surface area contributed by atoms with E-state index in [2.05, 4.69) is 0 Å². The Labute approximate surface area is 103 Å². The number of rotatable bonds is 5. The molecule has 1 aromatic carbocycles. The number of ether oxygens (including phenoxy) is 1. The Morgan fingerprint density at radius 2 is 1.89 bits per heavy atom. The standard InChI is InChI=1S/C13H13F3O2/c14-13(15,16)9-5-2-6-10-18-12(17)11-7-3-1-4-8-11/h1,3-5,7-9H,2,6,10H2/b9-5+. The molecule has 0 bridgehead atoms. The first-order chi connectivity index (χ1) is 8.49. The van der Waals surface area contributed by atoms with Gasteiger partial charge in [0.1, 0.15) is 0 Å². The highest BCUT2D eigenvalue weighted by Crippen LogP contribution is 2.16. The fourth-order valence-electron chi connectivity index (χ4n) is 1.24. The van der Waals surface area contributed by atoms with Crippen LogP contribution in [0.15, 0.2) is 42.5 Å². The lowest BCUT2D eigenvalue weighted by atomic mass is 10.2. The molecule has 0 unspecified atom stereocenters. The second kappa shape index (κ2) is 6.83. The third kappa shape index (κ3) is 6.08. The van der Waals surface area contributed by atoms with E-state index in [0.29, 0.717) is 12.0 Å². The molecule has 0 saturated carbocycles. The molecule has 2 nitrogen and oxygen atoms in total. The quantitative estimate of drug-likeness (QED) is 0.457. The van der Waals surface area contributed by atoms with Crippen LogP contribution < -0.4 is 0 Å². The third-order valence-electron chi connectivity index (χ3n) is 2.06. The largest absolute Gasteiger partial charge is 0.462 e. The number of carbonyl (C=O) groups is 1. The van der Waals surface area contributed by atoms with E-state index in [0.717, 1.165) is 6.08 Å². The molecule has 0 aliphatic carbocycles. The predicted octanol–water partition coefficient (Wildman–Crippen LogP) is 3.74. The Hall–Kier alpha value is -1.78. The number of alkyl halides is 3. The highest BCUT2D eigenvalue weighted by molar-refractivity contribution is 5.89. The Bertz CT molecular complexity index is 396. The van der Waals surface area contributed by atoms with Crippen LogP contribution >= 0.6 is 0 Å². The van der Waals surface area contributed by atoms with Crippen LogP contribution in [0, 0.1) is 0 Å². The van der Waals surface area contributed by atoms with E-state index in [1.807, 2.05) is 0 Å². The number of esters is 1. The van der Waals surface area contributed by atoms with Crippen molar-refractivity contribution in [3.63, 3.8) is 0 Å². The Balaban J connectivity index is 2.19. The van der Waals surface area contributed by atoms with Gasteiger partial charge < -0.3 is 4.74 Å². The van der Waals surface area contributed by atoms with Crippen LogP contribution in [0.2, 0.25) is 0 Å². The van der Waals surface area contributed by atoms with Crippen molar-refractivity contribution in [1.29, 1.82) is 0 Å². The smallest absolute Gasteiger partial charge is 0.409 e. The molecule has 1 aromatic rings. The maximum atomic E-state index is 11.7. The first kappa shape index (κ1) is 14.3. The molecule has 0 atom stereocenters. The van der Waals surface area contributed by atoms with E-state index >= 15 is 0 Å². The van der Waals surface area contributed by atoms with Crippen molar-refractivity contribution in [2.75, 3.05) is 6.61 Å². The molecule has 18 heavy (non-hydrogen) atoms. The summed E-state index contributed by atoms with van der Waals surface area (Å²) >= 11 is 0. The summed E-state index contributed by atoms with van der Waals surface area (Å²) in [7, 11) is 0. The molecule has 5 heteroatoms. The van der Waals surface area contributed by atoms with Crippen LogP contribution in [-0.4, -0.2) is 18.8 Å². The summed E-state index contributed by atoms with van der Waals surface area (Å²) < 4.78 is 40.1. The zero-order chi connectivity index (χ0) is 13.4. The average Bonchev–Trinajstić information content (AvgIpc) is 2.33. The number of benzene rings is 1. The minimum atomic E-state index is -4.28. The monoisotopic (exact) mass is 258 g/mol. The maximum Gasteiger partial charge on any atom is 0.409 e. The SMILES string of the molecule is O=C(OCCC/C=C/C(F)(F)F)c1ccccc1. The number of halogens is 3. The highest BCUT2D eigenvalue weighted by Gasteiger charge is 2.21. The number of unbranched alkanes of at least 4 members (excludes halogenated alkanes) is 1. The van der Waals surface area contributed by atoms with Crippen LogP contribution in [0.3, 0.4) is 0 Å². The maximum absolute atomic E-state index is 11.7. The first-order valence-electron chi connectivity index (χ1n) is 5.45. The van der Waals surface area contributed by atoms with Gasteiger partial charge in [-0.05, 0) is 25.0 Å². The molecule has 0 aliphatic heterocycles. The Morgan fingerprint density at radius 3 is 2.50 bits per heavy atom. The summed E-state index contributed by atoms with van der Waals surface area (Å²) in [4.78, 5) is 11.4. The zero-order valence-electron chi connectivity index (χ0n) is 9.61. The average molecular weight is 258 g/mol. The molecule has 0 spiro atoms. The van der Waals surface area contributed by atoms with Crippen LogP contribution in [-0.2, 0) is 4.74 Å². The topological polar surface area (TPSA) is 26.3 Å². The van der Waals surface area contributed by atoms with E-state index in [1.165, 1.54) is 0 Å². The van der Waals surface area contributed by atoms with E-state index < -0.39 is 12.1 Å². The van der Waals surface area contributed by atoms with Gasteiger partial charge in [-0.3, -0.25) is 0 Å². The summed E-state index contributed by atoms with van der Waals surface area (Å²) in [5, 5.41) is 0. The predicted molar refractivity (Wildman–Crippen MR) is 61.2 cm³/mol. The number of carbonyl (C=O) groups excluding carboxylic acids is 1. The van der Waals surface area contributed by atoms with E-state index in [4.69, 9.17) is 4.74 Å². The van der Waals surface area contributed by atoms with Crippen molar-refractivity contribution in [2.24, 2.45) is 0 Å². The molecule has 1 rings (SSSR count). The molecular formula is C13H13F3O2. The molecule has 0 heterocycles. The molecule has 0 aromatic heterocycles. The molecule has 0 N–H and O–H groups in total. The van der Waals surface area contributed by atoms with Gasteiger partial charge in [-0.25, -0.2) is 4.79 Å².